The number of carbonyl (C=O) groups excluding carboxylic acids is 1. The van der Waals surface area contributed by atoms with Crippen LogP contribution in [0.3, 0.4) is 0 Å². The normalized spacial score (nSPS) is 30.7. The van der Waals surface area contributed by atoms with Crippen LogP contribution in [0.25, 0.3) is 0 Å². The lowest BCUT2D eigenvalue weighted by molar-refractivity contribution is 0.0764. The molecule has 4 nitrogen and oxygen atoms in total. The molecule has 1 aliphatic heterocycles. The summed E-state index contributed by atoms with van der Waals surface area (Å²) in [6.45, 7) is 0.765. The van der Waals surface area contributed by atoms with Crippen molar-refractivity contribution in [2.45, 2.75) is 12.0 Å². The number of hydrogen-bond acceptors (Lipinski definition) is 3. The number of carbonyl (C=O) groups is 1. The third kappa shape index (κ3) is 2.56. The third-order valence-corrected chi connectivity index (χ3v) is 6.03. The molecule has 0 aromatic heterocycles. The summed E-state index contributed by atoms with van der Waals surface area (Å²) < 4.78 is 0. The van der Waals surface area contributed by atoms with E-state index in [0.717, 1.165) is 5.56 Å². The number of benzene rings is 2. The minimum Gasteiger partial charge on any atom is -0.396 e. The molecule has 2 aromatic carbocycles. The fourth-order valence-electron chi connectivity index (χ4n) is 4.50. The second-order valence-corrected chi connectivity index (χ2v) is 7.43. The molecule has 1 saturated carbocycles. The predicted molar refractivity (Wildman–Crippen MR) is 95.6 cm³/mol. The van der Waals surface area contributed by atoms with E-state index in [1.54, 1.807) is 29.2 Å². The summed E-state index contributed by atoms with van der Waals surface area (Å²) in [6, 6.07) is 16.7. The second-order valence-electron chi connectivity index (χ2n) is 7.00. The van der Waals surface area contributed by atoms with Gasteiger partial charge in [-0.05, 0) is 41.7 Å². The first-order valence-electron chi connectivity index (χ1n) is 8.46. The van der Waals surface area contributed by atoms with Crippen molar-refractivity contribution in [1.29, 1.82) is 0 Å². The molecule has 1 spiro atoms. The molecule has 2 N–H and O–H groups in total. The monoisotopic (exact) mass is 357 g/mol. The van der Waals surface area contributed by atoms with E-state index in [2.05, 4.69) is 0 Å². The van der Waals surface area contributed by atoms with Crippen LogP contribution in [0.15, 0.2) is 54.6 Å². The molecular weight excluding hydrogens is 338 g/mol. The maximum Gasteiger partial charge on any atom is 0.253 e. The molecule has 0 bridgehead atoms. The summed E-state index contributed by atoms with van der Waals surface area (Å²) in [7, 11) is 0. The molecule has 1 saturated heterocycles. The number of hydrogen-bond donors (Lipinski definition) is 2. The van der Waals surface area contributed by atoms with Crippen molar-refractivity contribution in [1.82, 2.24) is 4.90 Å². The quantitative estimate of drug-likeness (QED) is 0.887. The number of halogens is 1. The van der Waals surface area contributed by atoms with Gasteiger partial charge in [0.25, 0.3) is 5.91 Å². The lowest BCUT2D eigenvalue weighted by Crippen LogP contribution is -2.29. The van der Waals surface area contributed by atoms with Gasteiger partial charge in [0.05, 0.1) is 6.10 Å². The maximum atomic E-state index is 12.8. The van der Waals surface area contributed by atoms with Gasteiger partial charge in [0, 0.05) is 35.7 Å². The van der Waals surface area contributed by atoms with E-state index in [4.69, 9.17) is 11.6 Å². The summed E-state index contributed by atoms with van der Waals surface area (Å²) in [6.07, 6.45) is -0.633. The largest absolute Gasteiger partial charge is 0.396 e. The fourth-order valence-corrected chi connectivity index (χ4v) is 4.62. The highest BCUT2D eigenvalue weighted by Crippen LogP contribution is 2.68. The zero-order valence-corrected chi connectivity index (χ0v) is 14.4. The molecule has 0 unspecified atom stereocenters. The average molecular weight is 358 g/mol. The van der Waals surface area contributed by atoms with Crippen molar-refractivity contribution in [3.8, 4) is 0 Å². The second kappa shape index (κ2) is 6.13. The zero-order valence-electron chi connectivity index (χ0n) is 13.7. The van der Waals surface area contributed by atoms with Crippen LogP contribution in [-0.4, -0.2) is 46.8 Å². The van der Waals surface area contributed by atoms with E-state index >= 15 is 0 Å². The van der Waals surface area contributed by atoms with Gasteiger partial charge >= 0.3 is 0 Å². The Morgan fingerprint density at radius 3 is 2.48 bits per heavy atom. The van der Waals surface area contributed by atoms with Crippen molar-refractivity contribution < 1.29 is 15.0 Å². The summed E-state index contributed by atoms with van der Waals surface area (Å²) in [5.41, 5.74) is 1.23. The van der Waals surface area contributed by atoms with Crippen LogP contribution in [0.5, 0.6) is 0 Å². The summed E-state index contributed by atoms with van der Waals surface area (Å²) in [5, 5.41) is 21.1. The number of β-amino-alcohol motifs (C(OH)–C–C–N with tert-alkyl or cyclic N) is 1. The first-order chi connectivity index (χ1) is 12.1. The molecule has 2 fully saturated rings. The Balaban J connectivity index is 1.59. The molecule has 5 heteroatoms. The Kier molecular flexibility index (Phi) is 4.07. The number of nitrogens with zero attached hydrogens (tertiary/aromatic N) is 1. The van der Waals surface area contributed by atoms with Gasteiger partial charge in [-0.15, -0.1) is 0 Å². The maximum absolute atomic E-state index is 12.8. The summed E-state index contributed by atoms with van der Waals surface area (Å²) >= 11 is 5.89. The van der Waals surface area contributed by atoms with Gasteiger partial charge in [-0.2, -0.15) is 0 Å². The molecule has 4 atom stereocenters. The lowest BCUT2D eigenvalue weighted by atomic mass is 9.95. The topological polar surface area (TPSA) is 60.8 Å². The Hall–Kier alpha value is -1.88. The number of rotatable bonds is 3. The molecule has 2 aliphatic rings. The number of likely N-dealkylation sites (tertiary alicyclic amines) is 1. The summed E-state index contributed by atoms with van der Waals surface area (Å²) in [4.78, 5) is 14.5. The molecule has 1 amide bonds. The van der Waals surface area contributed by atoms with Crippen molar-refractivity contribution in [2.75, 3.05) is 19.7 Å². The molecule has 2 aromatic rings. The lowest BCUT2D eigenvalue weighted by Gasteiger charge is -2.17. The van der Waals surface area contributed by atoms with E-state index < -0.39 is 11.5 Å². The number of amides is 1. The van der Waals surface area contributed by atoms with Gasteiger partial charge in [-0.3, -0.25) is 4.79 Å². The third-order valence-electron chi connectivity index (χ3n) is 5.77. The van der Waals surface area contributed by atoms with Crippen LogP contribution < -0.4 is 0 Å². The van der Waals surface area contributed by atoms with Crippen LogP contribution >= 0.6 is 11.6 Å². The van der Waals surface area contributed by atoms with Crippen LogP contribution in [0.2, 0.25) is 5.02 Å². The van der Waals surface area contributed by atoms with Crippen LogP contribution in [-0.2, 0) is 0 Å². The van der Waals surface area contributed by atoms with Gasteiger partial charge in [0.15, 0.2) is 0 Å². The molecule has 0 radical (unpaired) electrons. The highest BCUT2D eigenvalue weighted by Gasteiger charge is 2.71. The smallest absolute Gasteiger partial charge is 0.253 e. The highest BCUT2D eigenvalue weighted by atomic mass is 35.5. The SMILES string of the molecule is O=C(c1ccc(Cl)cc1)N1C[C@@H](O)[C@@]2(C1)[C@H](CO)[C@H]2c1ccccc1. The Morgan fingerprint density at radius 1 is 1.16 bits per heavy atom. The first kappa shape index (κ1) is 16.6. The van der Waals surface area contributed by atoms with Crippen molar-refractivity contribution in [3.05, 3.63) is 70.7 Å². The number of aliphatic hydroxyl groups is 2. The molecule has 25 heavy (non-hydrogen) atoms. The molecule has 1 aliphatic carbocycles. The molecule has 130 valence electrons. The van der Waals surface area contributed by atoms with E-state index in [1.165, 1.54) is 0 Å². The Labute approximate surface area is 151 Å². The molecule has 1 heterocycles. The standard InChI is InChI=1S/C20H20ClNO3/c21-15-8-6-14(7-9-15)19(25)22-10-17(24)20(12-22)16(11-23)18(20)13-4-2-1-3-5-13/h1-9,16-18,23-24H,10-12H2/t16-,17-,18-,20-/m1/s1. The fraction of sp³-hybridized carbons (Fsp3) is 0.350. The highest BCUT2D eigenvalue weighted by molar-refractivity contribution is 6.30. The first-order valence-corrected chi connectivity index (χ1v) is 8.84. The summed E-state index contributed by atoms with van der Waals surface area (Å²) in [5.74, 6) is -0.0485. The minimum absolute atomic E-state index is 0.0135. The van der Waals surface area contributed by atoms with Gasteiger partial charge in [-0.25, -0.2) is 0 Å². The van der Waals surface area contributed by atoms with Gasteiger partial charge in [0.2, 0.25) is 0 Å². The zero-order chi connectivity index (χ0) is 17.6. The van der Waals surface area contributed by atoms with Crippen LogP contribution in [0.1, 0.15) is 21.8 Å². The van der Waals surface area contributed by atoms with Crippen molar-refractivity contribution in [2.24, 2.45) is 11.3 Å². The van der Waals surface area contributed by atoms with E-state index in [-0.39, 0.29) is 24.3 Å². The number of aliphatic hydroxyl groups excluding tert-OH is 2. The van der Waals surface area contributed by atoms with Crippen LogP contribution in [0, 0.1) is 11.3 Å². The minimum atomic E-state index is -0.633. The van der Waals surface area contributed by atoms with Gasteiger partial charge in [0.1, 0.15) is 0 Å². The van der Waals surface area contributed by atoms with Crippen LogP contribution in [0.4, 0.5) is 0 Å². The van der Waals surface area contributed by atoms with Gasteiger partial charge in [-0.1, -0.05) is 41.9 Å². The molecular formula is C20H20ClNO3. The van der Waals surface area contributed by atoms with E-state index in [0.29, 0.717) is 23.7 Å². The predicted octanol–water partition coefficient (Wildman–Crippen LogP) is 2.55. The van der Waals surface area contributed by atoms with Crippen molar-refractivity contribution in [3.63, 3.8) is 0 Å². The average Bonchev–Trinajstić information content (AvgIpc) is 3.17. The van der Waals surface area contributed by atoms with E-state index in [1.807, 2.05) is 30.3 Å². The Bertz CT molecular complexity index is 779. The van der Waals surface area contributed by atoms with E-state index in [9.17, 15) is 15.0 Å². The Morgan fingerprint density at radius 2 is 1.84 bits per heavy atom. The molecule has 4 rings (SSSR count). The van der Waals surface area contributed by atoms with Crippen molar-refractivity contribution >= 4 is 17.5 Å². The van der Waals surface area contributed by atoms with Gasteiger partial charge < -0.3 is 15.1 Å².